The van der Waals surface area contributed by atoms with E-state index in [0.29, 0.717) is 34.5 Å². The highest BCUT2D eigenvalue weighted by Gasteiger charge is 2.19. The first-order chi connectivity index (χ1) is 11.0. The molecule has 23 heavy (non-hydrogen) atoms. The highest BCUT2D eigenvalue weighted by Crippen LogP contribution is 2.31. The van der Waals surface area contributed by atoms with E-state index >= 15 is 0 Å². The standard InChI is InChI=1S/C19H16O4/c1-12(20)19-16-11-15(22-13(2)21)8-9-17(16)23-18(19)10-14-6-4-3-5-7-14/h3-9,11H,10H2,1-2H3. The first-order valence-corrected chi connectivity index (χ1v) is 7.33. The lowest BCUT2D eigenvalue weighted by Crippen LogP contribution is -2.01. The van der Waals surface area contributed by atoms with Gasteiger partial charge in [0.05, 0.1) is 5.56 Å². The maximum Gasteiger partial charge on any atom is 0.308 e. The fourth-order valence-corrected chi connectivity index (χ4v) is 2.65. The van der Waals surface area contributed by atoms with E-state index in [0.717, 1.165) is 5.56 Å². The molecule has 0 fully saturated rings. The smallest absolute Gasteiger partial charge is 0.308 e. The van der Waals surface area contributed by atoms with Crippen LogP contribution in [0.1, 0.15) is 35.5 Å². The molecule has 0 saturated heterocycles. The maximum atomic E-state index is 12.1. The normalized spacial score (nSPS) is 10.7. The third-order valence-electron chi connectivity index (χ3n) is 3.55. The van der Waals surface area contributed by atoms with Gasteiger partial charge < -0.3 is 9.15 Å². The van der Waals surface area contributed by atoms with Crippen LogP contribution in [0.2, 0.25) is 0 Å². The van der Waals surface area contributed by atoms with Crippen LogP contribution in [0.4, 0.5) is 0 Å². The van der Waals surface area contributed by atoms with Crippen LogP contribution >= 0.6 is 0 Å². The fourth-order valence-electron chi connectivity index (χ4n) is 2.65. The van der Waals surface area contributed by atoms with Crippen molar-refractivity contribution in [1.29, 1.82) is 0 Å². The van der Waals surface area contributed by atoms with Crippen LogP contribution in [0.15, 0.2) is 52.9 Å². The van der Waals surface area contributed by atoms with Gasteiger partial charge in [0.25, 0.3) is 0 Å². The van der Waals surface area contributed by atoms with E-state index < -0.39 is 5.97 Å². The number of hydrogen-bond acceptors (Lipinski definition) is 4. The summed E-state index contributed by atoms with van der Waals surface area (Å²) in [5.74, 6) is 0.551. The average Bonchev–Trinajstić information content (AvgIpc) is 2.85. The van der Waals surface area contributed by atoms with Crippen molar-refractivity contribution in [3.63, 3.8) is 0 Å². The molecule has 4 nitrogen and oxygen atoms in total. The molecule has 0 atom stereocenters. The minimum atomic E-state index is -0.401. The fraction of sp³-hybridized carbons (Fsp3) is 0.158. The number of furan rings is 1. The van der Waals surface area contributed by atoms with Crippen molar-refractivity contribution in [3.8, 4) is 5.75 Å². The first-order valence-electron chi connectivity index (χ1n) is 7.33. The van der Waals surface area contributed by atoms with Crippen molar-refractivity contribution in [2.75, 3.05) is 0 Å². The monoisotopic (exact) mass is 308 g/mol. The van der Waals surface area contributed by atoms with Crippen molar-refractivity contribution in [2.45, 2.75) is 20.3 Å². The summed E-state index contributed by atoms with van der Waals surface area (Å²) < 4.78 is 11.0. The molecule has 0 spiro atoms. The number of ketones is 1. The van der Waals surface area contributed by atoms with Crippen LogP contribution in [0.5, 0.6) is 5.75 Å². The molecule has 0 bridgehead atoms. The number of Topliss-reactive ketones (excluding diaryl/α,β-unsaturated/α-hetero) is 1. The molecule has 2 aromatic carbocycles. The zero-order valence-electron chi connectivity index (χ0n) is 13.0. The summed E-state index contributed by atoms with van der Waals surface area (Å²) in [6.07, 6.45) is 0.535. The van der Waals surface area contributed by atoms with Gasteiger partial charge in [0.15, 0.2) is 5.78 Å². The van der Waals surface area contributed by atoms with Crippen molar-refractivity contribution >= 4 is 22.7 Å². The quantitative estimate of drug-likeness (QED) is 0.413. The van der Waals surface area contributed by atoms with Gasteiger partial charge in [-0.15, -0.1) is 0 Å². The summed E-state index contributed by atoms with van der Waals surface area (Å²) in [7, 11) is 0. The van der Waals surface area contributed by atoms with Gasteiger partial charge in [0.2, 0.25) is 0 Å². The average molecular weight is 308 g/mol. The SMILES string of the molecule is CC(=O)Oc1ccc2oc(Cc3ccccc3)c(C(C)=O)c2c1. The van der Waals surface area contributed by atoms with E-state index in [2.05, 4.69) is 0 Å². The predicted molar refractivity (Wildman–Crippen MR) is 86.8 cm³/mol. The number of rotatable bonds is 4. The summed E-state index contributed by atoms with van der Waals surface area (Å²) in [6.45, 7) is 2.85. The van der Waals surface area contributed by atoms with Gasteiger partial charge in [0, 0.05) is 18.7 Å². The van der Waals surface area contributed by atoms with E-state index in [4.69, 9.17) is 9.15 Å². The molecule has 0 amide bonds. The number of hydrogen-bond donors (Lipinski definition) is 0. The lowest BCUT2D eigenvalue weighted by atomic mass is 10.0. The zero-order valence-corrected chi connectivity index (χ0v) is 13.0. The number of esters is 1. The minimum absolute atomic E-state index is 0.0744. The van der Waals surface area contributed by atoms with E-state index in [-0.39, 0.29) is 5.78 Å². The molecular formula is C19H16O4. The Morgan fingerprint density at radius 2 is 1.78 bits per heavy atom. The molecule has 4 heteroatoms. The Balaban J connectivity index is 2.09. The van der Waals surface area contributed by atoms with Crippen LogP contribution < -0.4 is 4.74 Å². The van der Waals surface area contributed by atoms with Gasteiger partial charge in [-0.25, -0.2) is 0 Å². The number of carbonyl (C=O) groups is 2. The molecule has 1 heterocycles. The largest absolute Gasteiger partial charge is 0.460 e. The van der Waals surface area contributed by atoms with Crippen LogP contribution in [-0.4, -0.2) is 11.8 Å². The lowest BCUT2D eigenvalue weighted by Gasteiger charge is -2.01. The molecule has 0 aliphatic rings. The molecule has 0 aliphatic carbocycles. The van der Waals surface area contributed by atoms with Crippen LogP contribution in [0.25, 0.3) is 11.0 Å². The third kappa shape index (κ3) is 3.16. The van der Waals surface area contributed by atoms with E-state index in [1.807, 2.05) is 30.3 Å². The Labute approximate surface area is 133 Å². The van der Waals surface area contributed by atoms with Crippen molar-refractivity contribution < 1.29 is 18.7 Å². The van der Waals surface area contributed by atoms with Crippen LogP contribution in [-0.2, 0) is 11.2 Å². The first kappa shape index (κ1) is 15.0. The molecule has 0 saturated carbocycles. The van der Waals surface area contributed by atoms with Crippen molar-refractivity contribution in [2.24, 2.45) is 0 Å². The van der Waals surface area contributed by atoms with Gasteiger partial charge in [-0.2, -0.15) is 0 Å². The maximum absolute atomic E-state index is 12.1. The van der Waals surface area contributed by atoms with Crippen LogP contribution in [0, 0.1) is 0 Å². The highest BCUT2D eigenvalue weighted by molar-refractivity contribution is 6.07. The zero-order chi connectivity index (χ0) is 16.4. The van der Waals surface area contributed by atoms with Crippen molar-refractivity contribution in [1.82, 2.24) is 0 Å². The highest BCUT2D eigenvalue weighted by atomic mass is 16.5. The van der Waals surface area contributed by atoms with E-state index in [1.54, 1.807) is 18.2 Å². The molecule has 116 valence electrons. The molecule has 1 aromatic heterocycles. The lowest BCUT2D eigenvalue weighted by molar-refractivity contribution is -0.131. The van der Waals surface area contributed by atoms with E-state index in [1.165, 1.54) is 13.8 Å². The van der Waals surface area contributed by atoms with Crippen molar-refractivity contribution in [3.05, 3.63) is 65.4 Å². The van der Waals surface area contributed by atoms with E-state index in [9.17, 15) is 9.59 Å². The van der Waals surface area contributed by atoms with Gasteiger partial charge >= 0.3 is 5.97 Å². The molecule has 0 aliphatic heterocycles. The second kappa shape index (κ2) is 6.08. The van der Waals surface area contributed by atoms with Gasteiger partial charge in [-0.3, -0.25) is 9.59 Å². The summed E-state index contributed by atoms with van der Waals surface area (Å²) in [5.41, 5.74) is 2.21. The van der Waals surface area contributed by atoms with Gasteiger partial charge in [-0.05, 0) is 30.7 Å². The molecule has 0 radical (unpaired) electrons. The van der Waals surface area contributed by atoms with Gasteiger partial charge in [-0.1, -0.05) is 30.3 Å². The third-order valence-corrected chi connectivity index (χ3v) is 3.55. The Morgan fingerprint density at radius 1 is 1.04 bits per heavy atom. The number of ether oxygens (including phenoxy) is 1. The number of fused-ring (bicyclic) bond motifs is 1. The Hall–Kier alpha value is -2.88. The topological polar surface area (TPSA) is 56.5 Å². The van der Waals surface area contributed by atoms with Crippen LogP contribution in [0.3, 0.4) is 0 Å². The molecule has 3 rings (SSSR count). The second-order valence-electron chi connectivity index (χ2n) is 5.37. The molecule has 0 N–H and O–H groups in total. The summed E-state index contributed by atoms with van der Waals surface area (Å²) in [4.78, 5) is 23.2. The summed E-state index contributed by atoms with van der Waals surface area (Å²) in [6, 6.07) is 14.9. The second-order valence-corrected chi connectivity index (χ2v) is 5.37. The number of benzene rings is 2. The number of carbonyl (C=O) groups excluding carboxylic acids is 2. The Morgan fingerprint density at radius 3 is 2.43 bits per heavy atom. The predicted octanol–water partition coefficient (Wildman–Crippen LogP) is 4.15. The molecule has 3 aromatic rings. The minimum Gasteiger partial charge on any atom is -0.460 e. The summed E-state index contributed by atoms with van der Waals surface area (Å²) >= 11 is 0. The molecular weight excluding hydrogens is 292 g/mol. The Bertz CT molecular complexity index is 875. The summed E-state index contributed by atoms with van der Waals surface area (Å²) in [5, 5.41) is 0.669. The Kier molecular flexibility index (Phi) is 3.98. The molecule has 0 unspecified atom stereocenters. The van der Waals surface area contributed by atoms with Gasteiger partial charge in [0.1, 0.15) is 17.1 Å².